The van der Waals surface area contributed by atoms with Crippen molar-refractivity contribution in [2.75, 3.05) is 18.6 Å². The maximum absolute atomic E-state index is 12.8. The van der Waals surface area contributed by atoms with E-state index < -0.39 is 12.2 Å². The molecule has 1 amide bonds. The summed E-state index contributed by atoms with van der Waals surface area (Å²) in [5.74, 6) is 0.0343. The Labute approximate surface area is 193 Å². The van der Waals surface area contributed by atoms with Crippen LogP contribution in [0.3, 0.4) is 0 Å². The van der Waals surface area contributed by atoms with Crippen molar-refractivity contribution in [1.82, 2.24) is 5.01 Å². The lowest BCUT2D eigenvalue weighted by Crippen LogP contribution is -2.37. The number of benzene rings is 1. The van der Waals surface area contributed by atoms with Crippen LogP contribution in [0.1, 0.15) is 40.5 Å². The molecule has 1 aromatic rings. The Kier molecular flexibility index (Phi) is 9.13. The van der Waals surface area contributed by atoms with E-state index >= 15 is 0 Å². The minimum atomic E-state index is -0.909. The normalized spacial score (nSPS) is 13.4. The largest absolute Gasteiger partial charge is 0.513 e. The summed E-state index contributed by atoms with van der Waals surface area (Å²) >= 11 is 5.93. The van der Waals surface area contributed by atoms with Gasteiger partial charge in [-0.1, -0.05) is 45.9 Å². The molecule has 0 radical (unpaired) electrons. The lowest BCUT2D eigenvalue weighted by atomic mass is 10.1. The van der Waals surface area contributed by atoms with Crippen LogP contribution >= 0.6 is 11.6 Å². The van der Waals surface area contributed by atoms with Crippen molar-refractivity contribution in [3.63, 3.8) is 0 Å². The zero-order valence-corrected chi connectivity index (χ0v) is 19.5. The highest BCUT2D eigenvalue weighted by Gasteiger charge is 2.33. The molecule has 1 aliphatic carbocycles. The van der Waals surface area contributed by atoms with Crippen LogP contribution < -0.4 is 5.43 Å². The van der Waals surface area contributed by atoms with Crippen molar-refractivity contribution in [1.29, 1.82) is 0 Å². The van der Waals surface area contributed by atoms with Gasteiger partial charge in [0.05, 0.1) is 30.2 Å². The van der Waals surface area contributed by atoms with E-state index in [1.165, 1.54) is 0 Å². The fourth-order valence-corrected chi connectivity index (χ4v) is 2.84. The molecule has 0 atom stereocenters. The summed E-state index contributed by atoms with van der Waals surface area (Å²) in [6.45, 7) is 11.8. The van der Waals surface area contributed by atoms with E-state index in [-0.39, 0.29) is 60.7 Å². The fraction of sp³-hybridized carbons (Fsp3) is 0.435. The van der Waals surface area contributed by atoms with Gasteiger partial charge in [-0.15, -0.1) is 0 Å². The van der Waals surface area contributed by atoms with Gasteiger partial charge in [0.2, 0.25) is 0 Å². The second-order valence-electron chi connectivity index (χ2n) is 8.15. The third kappa shape index (κ3) is 7.30. The number of Topliss-reactive ketones (excluding diaryl/α,β-unsaturated/α-hetero) is 1. The molecule has 2 rings (SSSR count). The molecule has 0 spiro atoms. The third-order valence-corrected chi connectivity index (χ3v) is 4.50. The molecule has 1 aromatic carbocycles. The molecule has 0 saturated heterocycles. The van der Waals surface area contributed by atoms with Crippen LogP contribution in [0.2, 0.25) is 5.02 Å². The minimum Gasteiger partial charge on any atom is -0.448 e. The van der Waals surface area contributed by atoms with Crippen molar-refractivity contribution >= 4 is 35.3 Å². The topological polar surface area (TPSA) is 94.2 Å². The first-order valence-corrected chi connectivity index (χ1v) is 10.8. The van der Waals surface area contributed by atoms with Crippen molar-refractivity contribution in [2.45, 2.75) is 40.5 Å². The lowest BCUT2D eigenvalue weighted by molar-refractivity contribution is -0.114. The van der Waals surface area contributed by atoms with E-state index in [0.717, 1.165) is 5.01 Å². The molecule has 0 bridgehead atoms. The summed E-state index contributed by atoms with van der Waals surface area (Å²) in [5.41, 5.74) is 3.44. The molecule has 32 heavy (non-hydrogen) atoms. The summed E-state index contributed by atoms with van der Waals surface area (Å²) < 4.78 is 15.6. The van der Waals surface area contributed by atoms with Crippen molar-refractivity contribution < 1.29 is 28.6 Å². The highest BCUT2D eigenvalue weighted by Crippen LogP contribution is 2.31. The average molecular weight is 465 g/mol. The number of ether oxygens (including phenoxy) is 3. The van der Waals surface area contributed by atoms with Crippen LogP contribution in [0.5, 0.6) is 0 Å². The molecule has 1 aliphatic rings. The molecular formula is C23H29ClN2O6. The quantitative estimate of drug-likeness (QED) is 0.370. The van der Waals surface area contributed by atoms with Gasteiger partial charge in [0, 0.05) is 17.9 Å². The summed E-state index contributed by atoms with van der Waals surface area (Å²) in [6, 6.07) is 6.60. The number of hydrogen-bond donors (Lipinski definition) is 1. The molecule has 8 nitrogen and oxygen atoms in total. The molecule has 174 valence electrons. The number of nitrogens with zero attached hydrogens (tertiary/aromatic N) is 1. The SMILES string of the molecule is C=C(C1=C(OC(=O)OCC(C)C)CCC1=O)N(Nc1ccc(Cl)cc1)C(=O)OCC(C)C. The Bertz CT molecular complexity index is 892. The van der Waals surface area contributed by atoms with Gasteiger partial charge in [-0.25, -0.2) is 9.59 Å². The Hall–Kier alpha value is -3.00. The second kappa shape index (κ2) is 11.6. The highest BCUT2D eigenvalue weighted by atomic mass is 35.5. The van der Waals surface area contributed by atoms with Crippen LogP contribution in [0.25, 0.3) is 0 Å². The number of amides is 1. The molecule has 0 fully saturated rings. The van der Waals surface area contributed by atoms with Crippen molar-refractivity contribution in [3.8, 4) is 0 Å². The number of rotatable bonds is 9. The van der Waals surface area contributed by atoms with Gasteiger partial charge in [-0.05, 0) is 36.1 Å². The first kappa shape index (κ1) is 25.3. The van der Waals surface area contributed by atoms with E-state index in [4.69, 9.17) is 25.8 Å². The smallest absolute Gasteiger partial charge is 0.448 e. The zero-order valence-electron chi connectivity index (χ0n) is 18.8. The van der Waals surface area contributed by atoms with Crippen LogP contribution in [0, 0.1) is 11.8 Å². The van der Waals surface area contributed by atoms with E-state index in [9.17, 15) is 14.4 Å². The standard InChI is InChI=1S/C23H29ClN2O6/c1-14(2)12-30-22(28)26(25-18-8-6-17(24)7-9-18)16(5)21-19(27)10-11-20(21)32-23(29)31-13-15(3)4/h6-9,14-15,25H,5,10-13H2,1-4H3. The van der Waals surface area contributed by atoms with Gasteiger partial charge >= 0.3 is 12.2 Å². The Morgan fingerprint density at radius 2 is 1.66 bits per heavy atom. The van der Waals surface area contributed by atoms with Crippen LogP contribution in [0.4, 0.5) is 15.3 Å². The Balaban J connectivity index is 2.29. The minimum absolute atomic E-state index is 0.00265. The molecule has 1 N–H and O–H groups in total. The number of carbonyl (C=O) groups excluding carboxylic acids is 3. The summed E-state index contributed by atoms with van der Waals surface area (Å²) in [6.07, 6.45) is -1.35. The van der Waals surface area contributed by atoms with Crippen molar-refractivity contribution in [3.05, 3.63) is 52.9 Å². The van der Waals surface area contributed by atoms with Crippen molar-refractivity contribution in [2.24, 2.45) is 11.8 Å². The summed E-state index contributed by atoms with van der Waals surface area (Å²) in [5, 5.41) is 1.54. The zero-order chi connectivity index (χ0) is 23.8. The predicted molar refractivity (Wildman–Crippen MR) is 121 cm³/mol. The third-order valence-electron chi connectivity index (χ3n) is 4.24. The van der Waals surface area contributed by atoms with E-state index in [1.54, 1.807) is 24.3 Å². The number of halogens is 1. The predicted octanol–water partition coefficient (Wildman–Crippen LogP) is 5.70. The number of nitrogens with one attached hydrogen (secondary N) is 1. The van der Waals surface area contributed by atoms with Gasteiger partial charge in [0.15, 0.2) is 5.78 Å². The van der Waals surface area contributed by atoms with Gasteiger partial charge in [0.1, 0.15) is 5.76 Å². The van der Waals surface area contributed by atoms with E-state index in [1.807, 2.05) is 27.7 Å². The first-order chi connectivity index (χ1) is 15.1. The lowest BCUT2D eigenvalue weighted by Gasteiger charge is -2.26. The molecule has 0 aliphatic heterocycles. The Morgan fingerprint density at radius 1 is 1.06 bits per heavy atom. The van der Waals surface area contributed by atoms with Gasteiger partial charge < -0.3 is 14.2 Å². The number of hydrogen-bond acceptors (Lipinski definition) is 7. The number of anilines is 1. The molecule has 0 saturated carbocycles. The first-order valence-electron chi connectivity index (χ1n) is 10.4. The maximum Gasteiger partial charge on any atom is 0.513 e. The molecular weight excluding hydrogens is 436 g/mol. The van der Waals surface area contributed by atoms with E-state index in [2.05, 4.69) is 12.0 Å². The van der Waals surface area contributed by atoms with E-state index in [0.29, 0.717) is 10.7 Å². The number of ketones is 1. The van der Waals surface area contributed by atoms with Crippen LogP contribution in [-0.4, -0.2) is 36.3 Å². The average Bonchev–Trinajstić information content (AvgIpc) is 3.09. The van der Waals surface area contributed by atoms with Crippen LogP contribution in [-0.2, 0) is 19.0 Å². The molecule has 0 aromatic heterocycles. The number of hydrazine groups is 1. The molecule has 0 heterocycles. The molecule has 9 heteroatoms. The number of allylic oxidation sites excluding steroid dienone is 2. The summed E-state index contributed by atoms with van der Waals surface area (Å²) in [4.78, 5) is 37.4. The van der Waals surface area contributed by atoms with Gasteiger partial charge in [-0.2, -0.15) is 5.01 Å². The summed E-state index contributed by atoms with van der Waals surface area (Å²) in [7, 11) is 0. The monoisotopic (exact) mass is 464 g/mol. The number of carbonyl (C=O) groups is 3. The highest BCUT2D eigenvalue weighted by molar-refractivity contribution is 6.30. The molecule has 0 unspecified atom stereocenters. The van der Waals surface area contributed by atoms with Gasteiger partial charge in [0.25, 0.3) is 0 Å². The second-order valence-corrected chi connectivity index (χ2v) is 8.59. The Morgan fingerprint density at radius 3 is 2.25 bits per heavy atom. The van der Waals surface area contributed by atoms with Crippen LogP contribution in [0.15, 0.2) is 47.9 Å². The maximum atomic E-state index is 12.8. The fourth-order valence-electron chi connectivity index (χ4n) is 2.71. The van der Waals surface area contributed by atoms with Gasteiger partial charge in [-0.3, -0.25) is 10.2 Å².